The molecule has 0 saturated heterocycles. The van der Waals surface area contributed by atoms with E-state index in [0.717, 1.165) is 11.0 Å². The lowest BCUT2D eigenvalue weighted by Crippen LogP contribution is -2.30. The molecule has 1 N–H and O–H groups in total. The van der Waals surface area contributed by atoms with E-state index in [1.54, 1.807) is 40.4 Å². The van der Waals surface area contributed by atoms with Gasteiger partial charge in [0.15, 0.2) is 0 Å². The Kier molecular flexibility index (Phi) is 4.41. The summed E-state index contributed by atoms with van der Waals surface area (Å²) in [4.78, 5) is 12.3. The second-order valence-electron chi connectivity index (χ2n) is 5.36. The lowest BCUT2D eigenvalue weighted by Gasteiger charge is -2.13. The first-order valence-electron chi connectivity index (χ1n) is 7.27. The zero-order chi connectivity index (χ0) is 16.4. The number of imidazole rings is 1. The van der Waals surface area contributed by atoms with Crippen LogP contribution in [0.15, 0.2) is 53.3 Å². The molecule has 0 saturated carbocycles. The van der Waals surface area contributed by atoms with E-state index in [2.05, 4.69) is 0 Å². The van der Waals surface area contributed by atoms with Crippen LogP contribution in [0.5, 0.6) is 5.75 Å². The molecule has 0 amide bonds. The van der Waals surface area contributed by atoms with Gasteiger partial charge < -0.3 is 9.84 Å². The summed E-state index contributed by atoms with van der Waals surface area (Å²) < 4.78 is 8.66. The Bertz CT molecular complexity index is 868. The predicted molar refractivity (Wildman–Crippen MR) is 90.1 cm³/mol. The largest absolute Gasteiger partial charge is 0.491 e. The van der Waals surface area contributed by atoms with Gasteiger partial charge in [-0.25, -0.2) is 4.79 Å². The summed E-state index contributed by atoms with van der Waals surface area (Å²) in [5.41, 5.74) is 1.48. The standard InChI is InChI=1S/C17H17ClN2O3/c1-19-15-4-2-3-5-16(15)20(17(19)22)10-13(21)11-23-14-8-6-12(18)7-9-14/h2-9,13,21H,10-11H2,1H3/t13-/m0/s1. The molecule has 5 nitrogen and oxygen atoms in total. The van der Waals surface area contributed by atoms with E-state index in [9.17, 15) is 9.90 Å². The minimum atomic E-state index is -0.797. The van der Waals surface area contributed by atoms with E-state index in [0.29, 0.717) is 10.8 Å². The smallest absolute Gasteiger partial charge is 0.328 e. The molecule has 0 aliphatic carbocycles. The molecule has 1 aromatic heterocycles. The molecular weight excluding hydrogens is 316 g/mol. The highest BCUT2D eigenvalue weighted by molar-refractivity contribution is 6.30. The topological polar surface area (TPSA) is 56.4 Å². The molecule has 3 aromatic rings. The third-order valence-electron chi connectivity index (χ3n) is 3.70. The van der Waals surface area contributed by atoms with Crippen molar-refractivity contribution in [1.82, 2.24) is 9.13 Å². The summed E-state index contributed by atoms with van der Waals surface area (Å²) >= 11 is 5.81. The van der Waals surface area contributed by atoms with Gasteiger partial charge in [-0.05, 0) is 36.4 Å². The van der Waals surface area contributed by atoms with Crippen molar-refractivity contribution < 1.29 is 9.84 Å². The van der Waals surface area contributed by atoms with Crippen molar-refractivity contribution in [1.29, 1.82) is 0 Å². The van der Waals surface area contributed by atoms with Crippen LogP contribution in [-0.2, 0) is 13.6 Å². The lowest BCUT2D eigenvalue weighted by molar-refractivity contribution is 0.0925. The molecule has 0 bridgehead atoms. The van der Waals surface area contributed by atoms with Crippen LogP contribution < -0.4 is 10.4 Å². The molecule has 1 heterocycles. The second kappa shape index (κ2) is 6.48. The van der Waals surface area contributed by atoms with Crippen molar-refractivity contribution in [2.24, 2.45) is 7.05 Å². The van der Waals surface area contributed by atoms with E-state index in [1.807, 2.05) is 24.3 Å². The Morgan fingerprint density at radius 1 is 1.13 bits per heavy atom. The van der Waals surface area contributed by atoms with Crippen molar-refractivity contribution in [2.75, 3.05) is 6.61 Å². The molecule has 1 atom stereocenters. The number of nitrogens with zero attached hydrogens (tertiary/aromatic N) is 2. The maximum atomic E-state index is 12.3. The zero-order valence-electron chi connectivity index (χ0n) is 12.6. The third kappa shape index (κ3) is 3.25. The first kappa shape index (κ1) is 15.6. The minimum Gasteiger partial charge on any atom is -0.491 e. The van der Waals surface area contributed by atoms with E-state index in [1.165, 1.54) is 0 Å². The molecule has 6 heteroatoms. The van der Waals surface area contributed by atoms with E-state index >= 15 is 0 Å². The van der Waals surface area contributed by atoms with Gasteiger partial charge in [0.25, 0.3) is 0 Å². The maximum Gasteiger partial charge on any atom is 0.328 e. The molecule has 120 valence electrons. The van der Waals surface area contributed by atoms with Gasteiger partial charge in [-0.15, -0.1) is 0 Å². The molecule has 0 aliphatic heterocycles. The quantitative estimate of drug-likeness (QED) is 0.780. The molecular formula is C17H17ClN2O3. The lowest BCUT2D eigenvalue weighted by atomic mass is 10.3. The number of aliphatic hydroxyl groups excluding tert-OH is 1. The van der Waals surface area contributed by atoms with Crippen molar-refractivity contribution in [3.8, 4) is 5.75 Å². The number of hydrogen-bond acceptors (Lipinski definition) is 3. The van der Waals surface area contributed by atoms with Crippen LogP contribution >= 0.6 is 11.6 Å². The van der Waals surface area contributed by atoms with Gasteiger partial charge >= 0.3 is 5.69 Å². The fourth-order valence-corrected chi connectivity index (χ4v) is 2.65. The van der Waals surface area contributed by atoms with Gasteiger partial charge in [0, 0.05) is 12.1 Å². The predicted octanol–water partition coefficient (Wildman–Crippen LogP) is 2.43. The van der Waals surface area contributed by atoms with Gasteiger partial charge in [-0.3, -0.25) is 9.13 Å². The molecule has 3 rings (SSSR count). The van der Waals surface area contributed by atoms with Gasteiger partial charge in [-0.2, -0.15) is 0 Å². The van der Waals surface area contributed by atoms with Crippen LogP contribution in [0.4, 0.5) is 0 Å². The number of aryl methyl sites for hydroxylation is 1. The Hall–Kier alpha value is -2.24. The zero-order valence-corrected chi connectivity index (χ0v) is 13.4. The Balaban J connectivity index is 1.73. The highest BCUT2D eigenvalue weighted by atomic mass is 35.5. The molecule has 0 spiro atoms. The van der Waals surface area contributed by atoms with Crippen LogP contribution in [0, 0.1) is 0 Å². The van der Waals surface area contributed by atoms with E-state index in [-0.39, 0.29) is 18.8 Å². The molecule has 0 aliphatic rings. The van der Waals surface area contributed by atoms with Crippen molar-refractivity contribution >= 4 is 22.6 Å². The molecule has 0 unspecified atom stereocenters. The third-order valence-corrected chi connectivity index (χ3v) is 3.95. The number of aliphatic hydroxyl groups is 1. The summed E-state index contributed by atoms with van der Waals surface area (Å²) in [6, 6.07) is 14.4. The summed E-state index contributed by atoms with van der Waals surface area (Å²) in [5, 5.41) is 10.8. The first-order valence-corrected chi connectivity index (χ1v) is 7.65. The Labute approximate surface area is 138 Å². The highest BCUT2D eigenvalue weighted by Crippen LogP contribution is 2.16. The summed E-state index contributed by atoms with van der Waals surface area (Å²) in [6.45, 7) is 0.269. The number of ether oxygens (including phenoxy) is 1. The number of para-hydroxylation sites is 2. The van der Waals surface area contributed by atoms with Gasteiger partial charge in [0.2, 0.25) is 0 Å². The number of fused-ring (bicyclic) bond motifs is 1. The van der Waals surface area contributed by atoms with E-state index in [4.69, 9.17) is 16.3 Å². The summed E-state index contributed by atoms with van der Waals surface area (Å²) in [7, 11) is 1.72. The number of halogens is 1. The van der Waals surface area contributed by atoms with Gasteiger partial charge in [-0.1, -0.05) is 23.7 Å². The minimum absolute atomic E-state index is 0.0945. The molecule has 0 fully saturated rings. The number of hydrogen-bond donors (Lipinski definition) is 1. The number of benzene rings is 2. The van der Waals surface area contributed by atoms with Crippen LogP contribution in [0.3, 0.4) is 0 Å². The molecule has 2 aromatic carbocycles. The van der Waals surface area contributed by atoms with Crippen molar-refractivity contribution in [3.05, 3.63) is 64.0 Å². The number of rotatable bonds is 5. The van der Waals surface area contributed by atoms with Crippen LogP contribution in [0.2, 0.25) is 5.02 Å². The molecule has 23 heavy (non-hydrogen) atoms. The van der Waals surface area contributed by atoms with E-state index < -0.39 is 6.10 Å². The van der Waals surface area contributed by atoms with Crippen molar-refractivity contribution in [3.63, 3.8) is 0 Å². The Morgan fingerprint density at radius 2 is 1.78 bits per heavy atom. The number of aromatic nitrogens is 2. The second-order valence-corrected chi connectivity index (χ2v) is 5.80. The average Bonchev–Trinajstić information content (AvgIpc) is 2.80. The fraction of sp³-hybridized carbons (Fsp3) is 0.235. The highest BCUT2D eigenvalue weighted by Gasteiger charge is 2.14. The SMILES string of the molecule is Cn1c(=O)n(C[C@H](O)COc2ccc(Cl)cc2)c2ccccc21. The van der Waals surface area contributed by atoms with Crippen LogP contribution in [0.25, 0.3) is 11.0 Å². The Morgan fingerprint density at radius 3 is 2.48 bits per heavy atom. The summed E-state index contributed by atoms with van der Waals surface area (Å²) in [5.74, 6) is 0.624. The van der Waals surface area contributed by atoms with Crippen molar-refractivity contribution in [2.45, 2.75) is 12.6 Å². The normalized spacial score (nSPS) is 12.5. The van der Waals surface area contributed by atoms with Crippen LogP contribution in [-0.4, -0.2) is 27.0 Å². The van der Waals surface area contributed by atoms with Gasteiger partial charge in [0.05, 0.1) is 17.6 Å². The first-order chi connectivity index (χ1) is 11.1. The van der Waals surface area contributed by atoms with Crippen LogP contribution in [0.1, 0.15) is 0 Å². The molecule has 0 radical (unpaired) electrons. The maximum absolute atomic E-state index is 12.3. The fourth-order valence-electron chi connectivity index (χ4n) is 2.53. The average molecular weight is 333 g/mol. The van der Waals surface area contributed by atoms with Gasteiger partial charge in [0.1, 0.15) is 18.5 Å². The monoisotopic (exact) mass is 332 g/mol. The summed E-state index contributed by atoms with van der Waals surface area (Å²) in [6.07, 6.45) is -0.797.